The van der Waals surface area contributed by atoms with Crippen molar-refractivity contribution < 1.29 is 18.5 Å². The lowest BCUT2D eigenvalue weighted by atomic mass is 10.0. The second-order valence-electron chi connectivity index (χ2n) is 8.25. The van der Waals surface area contributed by atoms with Gasteiger partial charge in [0, 0.05) is 42.0 Å². The van der Waals surface area contributed by atoms with E-state index in [1.165, 1.54) is 36.0 Å². The number of aryl methyl sites for hydroxylation is 1. The third kappa shape index (κ3) is 6.15. The summed E-state index contributed by atoms with van der Waals surface area (Å²) >= 11 is 1.19. The monoisotopic (exact) mass is 493 g/mol. The zero-order valence-corrected chi connectivity index (χ0v) is 20.3. The van der Waals surface area contributed by atoms with Crippen LogP contribution in [-0.4, -0.2) is 26.9 Å². The van der Waals surface area contributed by atoms with Crippen LogP contribution < -0.4 is 10.6 Å². The summed E-state index contributed by atoms with van der Waals surface area (Å²) in [5.74, 6) is 0.203. The molecule has 2 N–H and O–H groups in total. The van der Waals surface area contributed by atoms with Crippen LogP contribution in [0.4, 0.5) is 15.2 Å². The second kappa shape index (κ2) is 10.6. The van der Waals surface area contributed by atoms with E-state index >= 15 is 0 Å². The minimum atomic E-state index is -0.523. The van der Waals surface area contributed by atoms with Gasteiger partial charge >= 0.3 is 0 Å². The highest BCUT2D eigenvalue weighted by Crippen LogP contribution is 2.29. The number of hydrogen-bond acceptors (Lipinski definition) is 7. The van der Waals surface area contributed by atoms with Crippen LogP contribution in [0.5, 0.6) is 0 Å². The van der Waals surface area contributed by atoms with E-state index in [2.05, 4.69) is 39.6 Å². The van der Waals surface area contributed by atoms with Crippen molar-refractivity contribution in [1.29, 1.82) is 0 Å². The maximum atomic E-state index is 14.4. The van der Waals surface area contributed by atoms with Gasteiger partial charge in [-0.3, -0.25) is 9.59 Å². The highest BCUT2D eigenvalue weighted by Gasteiger charge is 2.14. The van der Waals surface area contributed by atoms with E-state index in [9.17, 15) is 14.0 Å². The van der Waals surface area contributed by atoms with Crippen LogP contribution in [0.3, 0.4) is 0 Å². The van der Waals surface area contributed by atoms with Gasteiger partial charge < -0.3 is 15.2 Å². The molecule has 2 aromatic heterocycles. The molecule has 35 heavy (non-hydrogen) atoms. The van der Waals surface area contributed by atoms with E-state index in [4.69, 9.17) is 4.52 Å². The molecule has 2 heterocycles. The van der Waals surface area contributed by atoms with Crippen molar-refractivity contribution in [2.75, 3.05) is 10.6 Å². The smallest absolute Gasteiger partial charge is 0.227 e. The number of nitrogens with one attached hydrogen (secondary N) is 2. The van der Waals surface area contributed by atoms with Gasteiger partial charge in [0.05, 0.1) is 5.69 Å². The Morgan fingerprint density at radius 3 is 2.54 bits per heavy atom. The third-order valence-electron chi connectivity index (χ3n) is 5.19. The van der Waals surface area contributed by atoms with E-state index in [1.807, 2.05) is 24.3 Å². The van der Waals surface area contributed by atoms with Crippen LogP contribution in [0.25, 0.3) is 22.6 Å². The number of amides is 2. The minimum Gasteiger partial charge on any atom is -0.339 e. The number of aromatic nitrogens is 3. The average Bonchev–Trinajstić information content (AvgIpc) is 3.47. The molecule has 0 unspecified atom stereocenters. The molecule has 0 fully saturated rings. The average molecular weight is 494 g/mol. The van der Waals surface area contributed by atoms with Gasteiger partial charge in [0.15, 0.2) is 5.13 Å². The molecular formula is C25H24FN5O3S. The van der Waals surface area contributed by atoms with Gasteiger partial charge in [-0.05, 0) is 29.7 Å². The SMILES string of the molecule is CC(=O)Nc1ccc(-c2csc(NC(=O)CCc3nc(-c4ccc(C(C)C)cc4)no3)n2)c(F)c1. The standard InChI is InChI=1S/C25H24FN5O3S/c1-14(2)16-4-6-17(7-5-16)24-30-23(34-31-24)11-10-22(33)29-25-28-21(13-35-25)19-9-8-18(12-20(19)26)27-15(3)32/h4-9,12-14H,10-11H2,1-3H3,(H,27,32)(H,28,29,33). The summed E-state index contributed by atoms with van der Waals surface area (Å²) < 4.78 is 19.7. The van der Waals surface area contributed by atoms with Gasteiger partial charge in [-0.2, -0.15) is 4.98 Å². The Hall–Kier alpha value is -3.92. The second-order valence-corrected chi connectivity index (χ2v) is 9.11. The number of rotatable bonds is 8. The van der Waals surface area contributed by atoms with E-state index in [0.717, 1.165) is 5.56 Å². The molecule has 0 aliphatic heterocycles. The molecule has 4 aromatic rings. The number of carbonyl (C=O) groups is 2. The Kier molecular flexibility index (Phi) is 7.31. The summed E-state index contributed by atoms with van der Waals surface area (Å²) in [7, 11) is 0. The molecule has 2 aromatic carbocycles. The van der Waals surface area contributed by atoms with Crippen molar-refractivity contribution in [3.63, 3.8) is 0 Å². The maximum absolute atomic E-state index is 14.4. The van der Waals surface area contributed by atoms with Crippen molar-refractivity contribution >= 4 is 34.0 Å². The Morgan fingerprint density at radius 2 is 1.86 bits per heavy atom. The van der Waals surface area contributed by atoms with Gasteiger partial charge in [-0.15, -0.1) is 11.3 Å². The lowest BCUT2D eigenvalue weighted by Gasteiger charge is -2.05. The molecule has 0 radical (unpaired) electrons. The number of halogens is 1. The fourth-order valence-corrected chi connectivity index (χ4v) is 4.08. The number of nitrogens with zero attached hydrogens (tertiary/aromatic N) is 3. The number of carbonyl (C=O) groups excluding carboxylic acids is 2. The molecule has 0 saturated carbocycles. The van der Waals surface area contributed by atoms with Crippen molar-refractivity contribution in [3.8, 4) is 22.6 Å². The first-order chi connectivity index (χ1) is 16.8. The van der Waals surface area contributed by atoms with Gasteiger partial charge in [0.25, 0.3) is 0 Å². The number of thiazole rings is 1. The molecule has 0 aliphatic carbocycles. The van der Waals surface area contributed by atoms with Crippen LogP contribution in [-0.2, 0) is 16.0 Å². The summed E-state index contributed by atoms with van der Waals surface area (Å²) in [4.78, 5) is 32.2. The first-order valence-electron chi connectivity index (χ1n) is 11.0. The van der Waals surface area contributed by atoms with Crippen molar-refractivity contribution in [2.24, 2.45) is 0 Å². The largest absolute Gasteiger partial charge is 0.339 e. The first kappa shape index (κ1) is 24.2. The lowest BCUT2D eigenvalue weighted by Crippen LogP contribution is -2.12. The van der Waals surface area contributed by atoms with Crippen molar-refractivity contribution in [2.45, 2.75) is 39.5 Å². The number of hydrogen-bond donors (Lipinski definition) is 2. The van der Waals surface area contributed by atoms with Crippen LogP contribution in [0.1, 0.15) is 44.6 Å². The summed E-state index contributed by atoms with van der Waals surface area (Å²) in [6.45, 7) is 5.61. The van der Waals surface area contributed by atoms with Crippen LogP contribution in [0, 0.1) is 5.82 Å². The first-order valence-corrected chi connectivity index (χ1v) is 11.9. The zero-order chi connectivity index (χ0) is 24.9. The number of anilines is 2. The zero-order valence-electron chi connectivity index (χ0n) is 19.5. The molecule has 0 spiro atoms. The normalized spacial score (nSPS) is 11.0. The van der Waals surface area contributed by atoms with Gasteiger partial charge in [0.1, 0.15) is 5.82 Å². The van der Waals surface area contributed by atoms with E-state index in [-0.39, 0.29) is 30.2 Å². The molecule has 4 rings (SSSR count). The Labute approximate surface area is 205 Å². The summed E-state index contributed by atoms with van der Waals surface area (Å²) in [5, 5.41) is 11.3. The molecule has 10 heteroatoms. The fourth-order valence-electron chi connectivity index (χ4n) is 3.35. The summed E-state index contributed by atoms with van der Waals surface area (Å²) in [6.07, 6.45) is 0.406. The van der Waals surface area contributed by atoms with Crippen molar-refractivity contribution in [3.05, 3.63) is 65.1 Å². The van der Waals surface area contributed by atoms with Crippen molar-refractivity contribution in [1.82, 2.24) is 15.1 Å². The summed E-state index contributed by atoms with van der Waals surface area (Å²) in [6, 6.07) is 12.3. The van der Waals surface area contributed by atoms with E-state index in [1.54, 1.807) is 11.4 Å². The van der Waals surface area contributed by atoms with Gasteiger partial charge in [-0.1, -0.05) is 43.3 Å². The molecule has 180 valence electrons. The van der Waals surface area contributed by atoms with Crippen LogP contribution in [0.15, 0.2) is 52.4 Å². The highest BCUT2D eigenvalue weighted by molar-refractivity contribution is 7.14. The Balaban J connectivity index is 1.33. The van der Waals surface area contributed by atoms with Gasteiger partial charge in [0.2, 0.25) is 23.5 Å². The third-order valence-corrected chi connectivity index (χ3v) is 5.94. The molecule has 2 amide bonds. The molecule has 8 nitrogen and oxygen atoms in total. The van der Waals surface area contributed by atoms with Crippen LogP contribution in [0.2, 0.25) is 0 Å². The lowest BCUT2D eigenvalue weighted by molar-refractivity contribution is -0.116. The predicted molar refractivity (Wildman–Crippen MR) is 133 cm³/mol. The number of benzene rings is 2. The predicted octanol–water partition coefficient (Wildman–Crippen LogP) is 5.65. The molecule has 0 aliphatic rings. The Morgan fingerprint density at radius 1 is 1.09 bits per heavy atom. The minimum absolute atomic E-state index is 0.128. The maximum Gasteiger partial charge on any atom is 0.227 e. The summed E-state index contributed by atoms with van der Waals surface area (Å²) in [5.41, 5.74) is 3.10. The topological polar surface area (TPSA) is 110 Å². The molecule has 0 bridgehead atoms. The molecule has 0 saturated heterocycles. The van der Waals surface area contributed by atoms with E-state index in [0.29, 0.717) is 34.1 Å². The fraction of sp³-hybridized carbons (Fsp3) is 0.240. The Bertz CT molecular complexity index is 1350. The molecule has 0 atom stereocenters. The van der Waals surface area contributed by atoms with Crippen LogP contribution >= 0.6 is 11.3 Å². The molecular weight excluding hydrogens is 469 g/mol. The quantitative estimate of drug-likeness (QED) is 0.328. The highest BCUT2D eigenvalue weighted by atomic mass is 32.1. The van der Waals surface area contributed by atoms with Gasteiger partial charge in [-0.25, -0.2) is 9.37 Å². The van der Waals surface area contributed by atoms with E-state index < -0.39 is 5.82 Å².